The van der Waals surface area contributed by atoms with E-state index in [0.29, 0.717) is 29.0 Å². The van der Waals surface area contributed by atoms with Crippen molar-refractivity contribution >= 4 is 34.8 Å². The highest BCUT2D eigenvalue weighted by molar-refractivity contribution is 5.98. The van der Waals surface area contributed by atoms with Gasteiger partial charge in [-0.25, -0.2) is 0 Å². The third kappa shape index (κ3) is 6.68. The van der Waals surface area contributed by atoms with Crippen molar-refractivity contribution in [2.75, 3.05) is 22.5 Å². The van der Waals surface area contributed by atoms with Crippen LogP contribution in [-0.2, 0) is 9.59 Å². The Kier molecular flexibility index (Phi) is 8.40. The Bertz CT molecular complexity index is 1160. The zero-order valence-corrected chi connectivity index (χ0v) is 19.6. The molecule has 0 aliphatic heterocycles. The second kappa shape index (κ2) is 11.7. The van der Waals surface area contributed by atoms with Crippen LogP contribution in [-0.4, -0.2) is 24.3 Å². The minimum atomic E-state index is -0.241. The van der Waals surface area contributed by atoms with Crippen molar-refractivity contribution < 1.29 is 14.4 Å². The first kappa shape index (κ1) is 24.5. The van der Waals surface area contributed by atoms with Crippen molar-refractivity contribution in [3.05, 3.63) is 89.5 Å². The van der Waals surface area contributed by atoms with Crippen LogP contribution in [0.3, 0.4) is 0 Å². The third-order valence-electron chi connectivity index (χ3n) is 5.43. The summed E-state index contributed by atoms with van der Waals surface area (Å²) in [5.74, 6) is -0.518. The summed E-state index contributed by atoms with van der Waals surface area (Å²) in [4.78, 5) is 36.9. The summed E-state index contributed by atoms with van der Waals surface area (Å²) in [5, 5.41) is 11.7. The van der Waals surface area contributed by atoms with Gasteiger partial charge in [-0.1, -0.05) is 49.4 Å². The number of amides is 3. The number of carbonyl (C=O) groups is 3. The average Bonchev–Trinajstić information content (AvgIpc) is 2.85. The van der Waals surface area contributed by atoms with Gasteiger partial charge in [-0.05, 0) is 55.3 Å². The van der Waals surface area contributed by atoms with Gasteiger partial charge >= 0.3 is 0 Å². The first-order valence-corrected chi connectivity index (χ1v) is 11.3. The van der Waals surface area contributed by atoms with Crippen molar-refractivity contribution in [2.45, 2.75) is 33.2 Å². The van der Waals surface area contributed by atoms with E-state index in [1.165, 1.54) is 0 Å². The van der Waals surface area contributed by atoms with Crippen LogP contribution in [0.4, 0.5) is 17.1 Å². The highest BCUT2D eigenvalue weighted by atomic mass is 16.2. The van der Waals surface area contributed by atoms with E-state index in [2.05, 4.69) is 21.3 Å². The summed E-state index contributed by atoms with van der Waals surface area (Å²) in [5.41, 5.74) is 4.27. The Balaban J connectivity index is 1.57. The Morgan fingerprint density at radius 2 is 1.47 bits per heavy atom. The fraction of sp³-hybridized carbons (Fsp3) is 0.222. The molecule has 7 nitrogen and oxygen atoms in total. The summed E-state index contributed by atoms with van der Waals surface area (Å²) in [6, 6.07) is 22.0. The van der Waals surface area contributed by atoms with Crippen LogP contribution in [0.1, 0.15) is 47.8 Å². The largest absolute Gasteiger partial charge is 0.376 e. The molecule has 1 atom stereocenters. The maximum atomic E-state index is 12.7. The molecule has 0 saturated carbocycles. The molecule has 3 aromatic carbocycles. The monoisotopic (exact) mass is 458 g/mol. The Morgan fingerprint density at radius 1 is 0.824 bits per heavy atom. The molecule has 0 aliphatic carbocycles. The molecular weight excluding hydrogens is 428 g/mol. The van der Waals surface area contributed by atoms with E-state index in [1.807, 2.05) is 44.2 Å². The van der Waals surface area contributed by atoms with Gasteiger partial charge in [0.25, 0.3) is 5.91 Å². The van der Waals surface area contributed by atoms with Crippen molar-refractivity contribution in [1.82, 2.24) is 5.32 Å². The Labute approximate surface area is 200 Å². The molecule has 0 heterocycles. The van der Waals surface area contributed by atoms with Gasteiger partial charge in [-0.3, -0.25) is 14.4 Å². The fourth-order valence-electron chi connectivity index (χ4n) is 3.40. The normalized spacial score (nSPS) is 11.3. The molecule has 0 aromatic heterocycles. The summed E-state index contributed by atoms with van der Waals surface area (Å²) in [7, 11) is 0. The van der Waals surface area contributed by atoms with Gasteiger partial charge in [0, 0.05) is 29.0 Å². The minimum Gasteiger partial charge on any atom is -0.376 e. The van der Waals surface area contributed by atoms with Gasteiger partial charge in [0.15, 0.2) is 0 Å². The molecule has 3 amide bonds. The standard InChI is InChI=1S/C27H30N4O3/c1-4-25(32)30-23-14-9-15-24(18(23)2)31-26(33)17-28-22-13-8-12-21(16-22)27(34)29-19(3)20-10-6-5-7-11-20/h5-16,19,28H,4,17H2,1-3H3,(H,29,34)(H,30,32)(H,31,33). The molecule has 3 rings (SSSR count). The molecule has 1 unspecified atom stereocenters. The second-order valence-corrected chi connectivity index (χ2v) is 7.97. The topological polar surface area (TPSA) is 99.3 Å². The lowest BCUT2D eigenvalue weighted by molar-refractivity contribution is -0.116. The van der Waals surface area contributed by atoms with Crippen LogP contribution < -0.4 is 21.3 Å². The van der Waals surface area contributed by atoms with Gasteiger partial charge in [0.05, 0.1) is 12.6 Å². The van der Waals surface area contributed by atoms with Crippen molar-refractivity contribution in [1.29, 1.82) is 0 Å². The smallest absolute Gasteiger partial charge is 0.251 e. The maximum Gasteiger partial charge on any atom is 0.251 e. The second-order valence-electron chi connectivity index (χ2n) is 7.97. The molecule has 176 valence electrons. The zero-order valence-electron chi connectivity index (χ0n) is 19.6. The van der Waals surface area contributed by atoms with E-state index >= 15 is 0 Å². The van der Waals surface area contributed by atoms with Crippen molar-refractivity contribution in [3.8, 4) is 0 Å². The average molecular weight is 459 g/mol. The molecule has 7 heteroatoms. The number of hydrogen-bond donors (Lipinski definition) is 4. The number of benzene rings is 3. The van der Waals surface area contributed by atoms with E-state index < -0.39 is 0 Å². The summed E-state index contributed by atoms with van der Waals surface area (Å²) >= 11 is 0. The van der Waals surface area contributed by atoms with Gasteiger partial charge in [-0.2, -0.15) is 0 Å². The molecular formula is C27H30N4O3. The predicted molar refractivity (Wildman–Crippen MR) is 136 cm³/mol. The van der Waals surface area contributed by atoms with E-state index in [9.17, 15) is 14.4 Å². The first-order valence-electron chi connectivity index (χ1n) is 11.3. The van der Waals surface area contributed by atoms with E-state index in [4.69, 9.17) is 0 Å². The van der Waals surface area contributed by atoms with E-state index in [0.717, 1.165) is 11.1 Å². The van der Waals surface area contributed by atoms with Gasteiger partial charge in [0.2, 0.25) is 11.8 Å². The number of rotatable bonds is 9. The SMILES string of the molecule is CCC(=O)Nc1cccc(NC(=O)CNc2cccc(C(=O)NC(C)c3ccccc3)c2)c1C. The lowest BCUT2D eigenvalue weighted by Crippen LogP contribution is -2.27. The Morgan fingerprint density at radius 3 is 2.15 bits per heavy atom. The van der Waals surface area contributed by atoms with Crippen molar-refractivity contribution in [2.24, 2.45) is 0 Å². The zero-order chi connectivity index (χ0) is 24.5. The minimum absolute atomic E-state index is 0.0243. The molecule has 0 saturated heterocycles. The lowest BCUT2D eigenvalue weighted by Gasteiger charge is -2.15. The van der Waals surface area contributed by atoms with Crippen molar-refractivity contribution in [3.63, 3.8) is 0 Å². The Hall–Kier alpha value is -4.13. The van der Waals surface area contributed by atoms with Crippen LogP contribution in [0, 0.1) is 6.92 Å². The highest BCUT2D eigenvalue weighted by Gasteiger charge is 2.13. The highest BCUT2D eigenvalue weighted by Crippen LogP contribution is 2.23. The molecule has 0 aliphatic rings. The molecule has 0 radical (unpaired) electrons. The van der Waals surface area contributed by atoms with Crippen LogP contribution in [0.5, 0.6) is 0 Å². The number of nitrogens with one attached hydrogen (secondary N) is 4. The molecule has 34 heavy (non-hydrogen) atoms. The van der Waals surface area contributed by atoms with Crippen LogP contribution in [0.25, 0.3) is 0 Å². The lowest BCUT2D eigenvalue weighted by atomic mass is 10.1. The summed E-state index contributed by atoms with van der Waals surface area (Å²) in [6.45, 7) is 5.58. The maximum absolute atomic E-state index is 12.7. The van der Waals surface area contributed by atoms with Gasteiger partial charge in [-0.15, -0.1) is 0 Å². The molecule has 3 aromatic rings. The molecule has 4 N–H and O–H groups in total. The number of anilines is 3. The van der Waals surface area contributed by atoms with Gasteiger partial charge in [0.1, 0.15) is 0 Å². The molecule has 0 spiro atoms. The first-order chi connectivity index (χ1) is 16.4. The number of hydrogen-bond acceptors (Lipinski definition) is 4. The molecule has 0 fully saturated rings. The van der Waals surface area contributed by atoms with E-state index in [-0.39, 0.29) is 30.3 Å². The predicted octanol–water partition coefficient (Wildman–Crippen LogP) is 4.89. The van der Waals surface area contributed by atoms with Gasteiger partial charge < -0.3 is 21.3 Å². The summed E-state index contributed by atoms with van der Waals surface area (Å²) in [6.07, 6.45) is 0.377. The summed E-state index contributed by atoms with van der Waals surface area (Å²) < 4.78 is 0. The van der Waals surface area contributed by atoms with Crippen LogP contribution >= 0.6 is 0 Å². The fourth-order valence-corrected chi connectivity index (χ4v) is 3.40. The third-order valence-corrected chi connectivity index (χ3v) is 5.43. The molecule has 0 bridgehead atoms. The van der Waals surface area contributed by atoms with Crippen LogP contribution in [0.15, 0.2) is 72.8 Å². The number of carbonyl (C=O) groups excluding carboxylic acids is 3. The van der Waals surface area contributed by atoms with E-state index in [1.54, 1.807) is 49.4 Å². The van der Waals surface area contributed by atoms with Crippen LogP contribution in [0.2, 0.25) is 0 Å². The quantitative estimate of drug-likeness (QED) is 0.367.